The van der Waals surface area contributed by atoms with Gasteiger partial charge < -0.3 is 14.8 Å². The molecule has 1 spiro atoms. The summed E-state index contributed by atoms with van der Waals surface area (Å²) in [6.07, 6.45) is 14.3. The first-order valence-electron chi connectivity index (χ1n) is 11.0. The van der Waals surface area contributed by atoms with E-state index in [1.54, 1.807) is 7.11 Å². The molecule has 4 rings (SSSR count). The highest BCUT2D eigenvalue weighted by Gasteiger charge is 2.45. The number of fused-ring (bicyclic) bond motifs is 1. The summed E-state index contributed by atoms with van der Waals surface area (Å²) < 4.78 is 10.3. The summed E-state index contributed by atoms with van der Waals surface area (Å²) in [7, 11) is 1.76. The van der Waals surface area contributed by atoms with Crippen LogP contribution in [0.3, 0.4) is 0 Å². The van der Waals surface area contributed by atoms with Crippen molar-refractivity contribution in [3.8, 4) is 0 Å². The quantitative estimate of drug-likeness (QED) is 0.498. The molecule has 1 unspecified atom stereocenters. The summed E-state index contributed by atoms with van der Waals surface area (Å²) in [4.78, 5) is 11.5. The van der Waals surface area contributed by atoms with E-state index in [-0.39, 0.29) is 11.6 Å². The normalized spacial score (nSPS) is 27.0. The molecule has 1 heterocycles. The third-order valence-corrected chi connectivity index (χ3v) is 6.85. The van der Waals surface area contributed by atoms with E-state index >= 15 is 0 Å². The Hall–Kier alpha value is -2.07. The number of allylic oxidation sites excluding steroid dienone is 3. The zero-order valence-corrected chi connectivity index (χ0v) is 17.7. The Balaban J connectivity index is 1.40. The zero-order chi connectivity index (χ0) is 20.3. The SMILES string of the molecule is COCCC/C=C/C(C)C1=Cc2ccc([C@H]3CC[C@]4(COC(=O)N4)C3)cc2CC1. The Morgan fingerprint density at radius 1 is 1.38 bits per heavy atom. The van der Waals surface area contributed by atoms with Crippen LogP contribution in [0, 0.1) is 5.92 Å². The minimum atomic E-state index is -0.254. The number of hydrogen-bond donors (Lipinski definition) is 1. The average molecular weight is 396 g/mol. The van der Waals surface area contributed by atoms with Gasteiger partial charge in [0.25, 0.3) is 0 Å². The second kappa shape index (κ2) is 8.74. The molecular formula is C25H33NO3. The van der Waals surface area contributed by atoms with Gasteiger partial charge in [0, 0.05) is 13.7 Å². The number of cyclic esters (lactones) is 1. The molecule has 2 fully saturated rings. The number of alkyl carbamates (subject to hydrolysis) is 1. The van der Waals surface area contributed by atoms with Crippen molar-refractivity contribution in [3.05, 3.63) is 52.6 Å². The van der Waals surface area contributed by atoms with Gasteiger partial charge in [0.15, 0.2) is 0 Å². The van der Waals surface area contributed by atoms with Crippen LogP contribution in [0.25, 0.3) is 6.08 Å². The summed E-state index contributed by atoms with van der Waals surface area (Å²) in [5.41, 5.74) is 5.66. The maximum absolute atomic E-state index is 11.5. The third kappa shape index (κ3) is 4.58. The highest BCUT2D eigenvalue weighted by Crippen LogP contribution is 2.43. The first-order chi connectivity index (χ1) is 14.1. The molecule has 29 heavy (non-hydrogen) atoms. The highest BCUT2D eigenvalue weighted by molar-refractivity contribution is 5.71. The third-order valence-electron chi connectivity index (χ3n) is 6.85. The Bertz CT molecular complexity index is 812. The smallest absolute Gasteiger partial charge is 0.407 e. The van der Waals surface area contributed by atoms with E-state index in [9.17, 15) is 4.79 Å². The van der Waals surface area contributed by atoms with Crippen LogP contribution >= 0.6 is 0 Å². The second-order valence-electron chi connectivity index (χ2n) is 8.95. The number of amides is 1. The van der Waals surface area contributed by atoms with E-state index in [0.29, 0.717) is 18.4 Å². The second-order valence-corrected chi connectivity index (χ2v) is 8.95. The molecule has 1 N–H and O–H groups in total. The van der Waals surface area contributed by atoms with Gasteiger partial charge >= 0.3 is 6.09 Å². The maximum atomic E-state index is 11.5. The van der Waals surface area contributed by atoms with Crippen LogP contribution in [0.15, 0.2) is 35.9 Å². The number of carbonyl (C=O) groups excluding carboxylic acids is 1. The van der Waals surface area contributed by atoms with Crippen LogP contribution in [0.4, 0.5) is 4.79 Å². The van der Waals surface area contributed by atoms with E-state index < -0.39 is 0 Å². The number of unbranched alkanes of at least 4 members (excludes halogenated alkanes) is 1. The van der Waals surface area contributed by atoms with Crippen LogP contribution in [0.1, 0.15) is 68.1 Å². The van der Waals surface area contributed by atoms with Gasteiger partial charge in [0.05, 0.1) is 5.54 Å². The number of carbonyl (C=O) groups is 1. The number of methoxy groups -OCH3 is 1. The fourth-order valence-electron chi connectivity index (χ4n) is 5.06. The molecular weight excluding hydrogens is 362 g/mol. The standard InChI is InChI=1S/C25H33NO3/c1-18(6-4-3-5-13-28-2)19-7-8-21-15-22(10-9-20(21)14-19)23-11-12-25(16-23)17-29-24(27)26-25/h4,6,9-10,14-15,18,23H,3,5,7-8,11-13,16-17H2,1-2H3,(H,26,27)/b6-4+/t18?,23-,25+/m0/s1. The summed E-state index contributed by atoms with van der Waals surface area (Å²) in [6.45, 7) is 3.66. The molecule has 4 nitrogen and oxygen atoms in total. The van der Waals surface area contributed by atoms with Crippen LogP contribution < -0.4 is 5.32 Å². The van der Waals surface area contributed by atoms with Gasteiger partial charge in [0.1, 0.15) is 6.61 Å². The largest absolute Gasteiger partial charge is 0.447 e. The molecule has 4 heteroatoms. The first kappa shape index (κ1) is 20.2. The molecule has 1 aliphatic heterocycles. The van der Waals surface area contributed by atoms with E-state index in [1.807, 2.05) is 0 Å². The lowest BCUT2D eigenvalue weighted by Crippen LogP contribution is -2.40. The number of hydrogen-bond acceptors (Lipinski definition) is 3. The topological polar surface area (TPSA) is 47.6 Å². The van der Waals surface area contributed by atoms with Gasteiger partial charge in [-0.25, -0.2) is 4.79 Å². The van der Waals surface area contributed by atoms with Gasteiger partial charge in [-0.05, 0) is 73.5 Å². The average Bonchev–Trinajstić information content (AvgIpc) is 3.32. The zero-order valence-electron chi connectivity index (χ0n) is 17.7. The summed E-state index contributed by atoms with van der Waals surface area (Å²) in [5, 5.41) is 3.05. The van der Waals surface area contributed by atoms with Crippen molar-refractivity contribution in [1.82, 2.24) is 5.32 Å². The van der Waals surface area contributed by atoms with E-state index in [0.717, 1.165) is 51.6 Å². The van der Waals surface area contributed by atoms with Gasteiger partial charge in [-0.1, -0.05) is 48.9 Å². The highest BCUT2D eigenvalue weighted by atomic mass is 16.6. The predicted molar refractivity (Wildman–Crippen MR) is 116 cm³/mol. The summed E-state index contributed by atoms with van der Waals surface area (Å²) >= 11 is 0. The monoisotopic (exact) mass is 395 g/mol. The Kier molecular flexibility index (Phi) is 6.09. The van der Waals surface area contributed by atoms with Gasteiger partial charge in [-0.3, -0.25) is 0 Å². The van der Waals surface area contributed by atoms with Crippen molar-refractivity contribution >= 4 is 12.2 Å². The van der Waals surface area contributed by atoms with Gasteiger partial charge in [-0.2, -0.15) is 0 Å². The molecule has 1 saturated heterocycles. The molecule has 156 valence electrons. The number of nitrogens with one attached hydrogen (secondary N) is 1. The molecule has 1 saturated carbocycles. The van der Waals surface area contributed by atoms with Crippen LogP contribution in [-0.4, -0.2) is 32.0 Å². The van der Waals surface area contributed by atoms with Crippen LogP contribution in [0.2, 0.25) is 0 Å². The molecule has 0 radical (unpaired) electrons. The minimum Gasteiger partial charge on any atom is -0.447 e. The fraction of sp³-hybridized carbons (Fsp3) is 0.560. The molecule has 1 aromatic rings. The number of rotatable bonds is 7. The Labute approximate surface area is 174 Å². The molecule has 3 atom stereocenters. The predicted octanol–water partition coefficient (Wildman–Crippen LogP) is 5.38. The number of benzene rings is 1. The van der Waals surface area contributed by atoms with Crippen molar-refractivity contribution in [1.29, 1.82) is 0 Å². The summed E-state index contributed by atoms with van der Waals surface area (Å²) in [6, 6.07) is 7.01. The fourth-order valence-corrected chi connectivity index (χ4v) is 5.06. The van der Waals surface area contributed by atoms with E-state index in [1.165, 1.54) is 22.3 Å². The van der Waals surface area contributed by atoms with Crippen molar-refractivity contribution in [2.24, 2.45) is 5.92 Å². The molecule has 3 aliphatic rings. The van der Waals surface area contributed by atoms with Crippen molar-refractivity contribution in [2.75, 3.05) is 20.3 Å². The number of ether oxygens (including phenoxy) is 2. The van der Waals surface area contributed by atoms with Crippen molar-refractivity contribution < 1.29 is 14.3 Å². The van der Waals surface area contributed by atoms with Crippen molar-refractivity contribution in [3.63, 3.8) is 0 Å². The van der Waals surface area contributed by atoms with Crippen molar-refractivity contribution in [2.45, 2.75) is 63.3 Å². The Morgan fingerprint density at radius 2 is 2.28 bits per heavy atom. The molecule has 0 bridgehead atoms. The maximum Gasteiger partial charge on any atom is 0.407 e. The lowest BCUT2D eigenvalue weighted by atomic mass is 9.83. The van der Waals surface area contributed by atoms with Gasteiger partial charge in [-0.15, -0.1) is 0 Å². The lowest BCUT2D eigenvalue weighted by Gasteiger charge is -2.23. The van der Waals surface area contributed by atoms with Crippen LogP contribution in [0.5, 0.6) is 0 Å². The molecule has 2 aliphatic carbocycles. The van der Waals surface area contributed by atoms with E-state index in [4.69, 9.17) is 9.47 Å². The lowest BCUT2D eigenvalue weighted by molar-refractivity contribution is 0.172. The molecule has 0 aromatic heterocycles. The molecule has 1 aromatic carbocycles. The first-order valence-corrected chi connectivity index (χ1v) is 11.0. The summed E-state index contributed by atoms with van der Waals surface area (Å²) in [5.74, 6) is 1.01. The Morgan fingerprint density at radius 3 is 3.07 bits per heavy atom. The number of aryl methyl sites for hydroxylation is 1. The van der Waals surface area contributed by atoms with E-state index in [2.05, 4.69) is 48.7 Å². The van der Waals surface area contributed by atoms with Crippen LogP contribution in [-0.2, 0) is 15.9 Å². The minimum absolute atomic E-state index is 0.129. The van der Waals surface area contributed by atoms with Gasteiger partial charge in [0.2, 0.25) is 0 Å². The molecule has 1 amide bonds.